The molecule has 0 bridgehead atoms. The van der Waals surface area contributed by atoms with E-state index in [1.165, 1.54) is 500 Å². The number of fused-ring (bicyclic) bond motifs is 10. The van der Waals surface area contributed by atoms with E-state index in [1.807, 2.05) is 0 Å². The number of benzene rings is 3. The van der Waals surface area contributed by atoms with Crippen molar-refractivity contribution in [3.8, 4) is 22.3 Å². The molecule has 566 valence electrons. The normalized spacial score (nSPS) is 13.6. The summed E-state index contributed by atoms with van der Waals surface area (Å²) in [5.74, 6) is 0. The zero-order valence-electron chi connectivity index (χ0n) is 65.8. The summed E-state index contributed by atoms with van der Waals surface area (Å²) in [6.45, 7) is 9.32. The number of aromatic nitrogens is 4. The summed E-state index contributed by atoms with van der Waals surface area (Å²) >= 11 is 8.18. The van der Waals surface area contributed by atoms with Gasteiger partial charge in [0.1, 0.15) is 22.1 Å². The lowest BCUT2D eigenvalue weighted by Gasteiger charge is -2.35. The molecule has 0 unspecified atom stereocenters. The van der Waals surface area contributed by atoms with Gasteiger partial charge in [-0.1, -0.05) is 439 Å². The van der Waals surface area contributed by atoms with E-state index in [4.69, 9.17) is 17.5 Å². The van der Waals surface area contributed by atoms with E-state index < -0.39 is 0 Å². The summed E-state index contributed by atoms with van der Waals surface area (Å²) in [4.78, 5) is 0. The molecule has 5 aromatic rings. The average Bonchev–Trinajstić information content (AvgIpc) is 1.52. The maximum atomic E-state index is 5.35. The van der Waals surface area contributed by atoms with Crippen LogP contribution in [-0.4, -0.2) is 17.5 Å². The lowest BCUT2D eigenvalue weighted by atomic mass is 9.68. The molecule has 0 atom stereocenters. The molecule has 2 aromatic heterocycles. The van der Waals surface area contributed by atoms with Crippen LogP contribution in [0, 0.1) is 7.14 Å². The predicted octanol–water partition coefficient (Wildman–Crippen LogP) is 34.0. The van der Waals surface area contributed by atoms with Gasteiger partial charge in [-0.25, -0.2) is 0 Å². The summed E-state index contributed by atoms with van der Waals surface area (Å²) in [5.41, 5.74) is 16.8. The van der Waals surface area contributed by atoms with Gasteiger partial charge in [0.15, 0.2) is 0 Å². The number of hydrogen-bond donors (Lipinski definition) is 0. The highest BCUT2D eigenvalue weighted by Crippen LogP contribution is 2.63. The predicted molar refractivity (Wildman–Crippen MR) is 463 cm³/mol. The monoisotopic (exact) mass is 1630 g/mol. The van der Waals surface area contributed by atoms with Crippen molar-refractivity contribution < 1.29 is 0 Å². The molecule has 0 amide bonds. The van der Waals surface area contributed by atoms with Gasteiger partial charge in [0.25, 0.3) is 0 Å². The van der Waals surface area contributed by atoms with Crippen molar-refractivity contribution in [2.45, 2.75) is 475 Å². The summed E-state index contributed by atoms with van der Waals surface area (Å²) in [5, 5.41) is 0. The van der Waals surface area contributed by atoms with E-state index in [2.05, 4.69) is 97.1 Å². The second kappa shape index (κ2) is 53.5. The molecule has 0 spiro atoms. The Morgan fingerprint density at radius 3 is 0.580 bits per heavy atom. The fourth-order valence-corrected chi connectivity index (χ4v) is 21.3. The van der Waals surface area contributed by atoms with Crippen molar-refractivity contribution in [3.63, 3.8) is 0 Å². The first-order valence-electron chi connectivity index (χ1n) is 44.6. The third kappa shape index (κ3) is 29.1. The van der Waals surface area contributed by atoms with E-state index >= 15 is 0 Å². The Bertz CT molecular complexity index is 2600. The van der Waals surface area contributed by atoms with Crippen molar-refractivity contribution in [2.24, 2.45) is 0 Å². The number of unbranched alkanes of at least 4 members (excludes halogenated alkanes) is 60. The Balaban J connectivity index is 1.10. The summed E-state index contributed by atoms with van der Waals surface area (Å²) in [6.07, 6.45) is 95.0. The summed E-state index contributed by atoms with van der Waals surface area (Å²) < 4.78 is 23.5. The Morgan fingerprint density at radius 1 is 0.220 bits per heavy atom. The SMILES string of the molecule is CCCCCCCCCCCCCCCCCCC1(CCCCCCCCCCCCCCCCCC)c2cc3c(cc2-c2c1cc(I)c1nsnc21)C(CCCCCCCCCCCCCCCCCC)(CCCCCCCCCCCCCCCCCC)c1cc(I)c2nsnc2c1-3. The molecule has 0 N–H and O–H groups in total. The van der Waals surface area contributed by atoms with Gasteiger partial charge in [0.05, 0.1) is 23.5 Å². The molecular formula is C92H152I2N4S2. The van der Waals surface area contributed by atoms with Crippen LogP contribution in [0.2, 0.25) is 0 Å². The molecule has 2 aliphatic rings. The van der Waals surface area contributed by atoms with Crippen molar-refractivity contribution in [1.82, 2.24) is 17.5 Å². The van der Waals surface area contributed by atoms with Gasteiger partial charge in [-0.2, -0.15) is 17.5 Å². The highest BCUT2D eigenvalue weighted by molar-refractivity contribution is 14.1. The van der Waals surface area contributed by atoms with E-state index in [0.29, 0.717) is 0 Å². The molecule has 7 rings (SSSR count). The smallest absolute Gasteiger partial charge is 0.118 e. The van der Waals surface area contributed by atoms with Gasteiger partial charge < -0.3 is 0 Å². The second-order valence-electron chi connectivity index (χ2n) is 32.8. The summed E-state index contributed by atoms with van der Waals surface area (Å²) in [6, 6.07) is 11.0. The minimum absolute atomic E-state index is 0.0563. The van der Waals surface area contributed by atoms with Gasteiger partial charge >= 0.3 is 0 Å². The lowest BCUT2D eigenvalue weighted by Crippen LogP contribution is -2.27. The topological polar surface area (TPSA) is 51.6 Å². The molecule has 100 heavy (non-hydrogen) atoms. The molecule has 2 aliphatic carbocycles. The maximum absolute atomic E-state index is 5.35. The van der Waals surface area contributed by atoms with Gasteiger partial charge in [-0.05, 0) is 129 Å². The largest absolute Gasteiger partial charge is 0.172 e. The fourth-order valence-electron chi connectivity index (χ4n) is 18.4. The minimum atomic E-state index is -0.0563. The van der Waals surface area contributed by atoms with E-state index in [0.717, 1.165) is 11.0 Å². The van der Waals surface area contributed by atoms with E-state index in [1.54, 1.807) is 22.3 Å². The van der Waals surface area contributed by atoms with Crippen molar-refractivity contribution in [1.29, 1.82) is 0 Å². The third-order valence-electron chi connectivity index (χ3n) is 24.6. The Labute approximate surface area is 653 Å². The van der Waals surface area contributed by atoms with Gasteiger partial charge in [-0.15, -0.1) is 0 Å². The zero-order chi connectivity index (χ0) is 70.2. The van der Waals surface area contributed by atoms with Crippen LogP contribution in [0.15, 0.2) is 24.3 Å². The van der Waals surface area contributed by atoms with Crippen LogP contribution >= 0.6 is 68.6 Å². The van der Waals surface area contributed by atoms with Crippen LogP contribution in [-0.2, 0) is 10.8 Å². The van der Waals surface area contributed by atoms with Gasteiger partial charge in [0.2, 0.25) is 0 Å². The van der Waals surface area contributed by atoms with E-state index in [-0.39, 0.29) is 10.8 Å². The molecule has 0 saturated heterocycles. The van der Waals surface area contributed by atoms with Crippen LogP contribution in [0.5, 0.6) is 0 Å². The first-order valence-corrected chi connectivity index (χ1v) is 48.2. The van der Waals surface area contributed by atoms with Gasteiger partial charge in [-0.3, -0.25) is 0 Å². The quantitative estimate of drug-likeness (QED) is 0.0288. The van der Waals surface area contributed by atoms with Crippen LogP contribution in [0.4, 0.5) is 0 Å². The summed E-state index contributed by atoms with van der Waals surface area (Å²) in [7, 11) is 0. The van der Waals surface area contributed by atoms with Crippen LogP contribution < -0.4 is 0 Å². The number of halogens is 2. The van der Waals surface area contributed by atoms with Gasteiger partial charge in [0, 0.05) is 29.1 Å². The highest BCUT2D eigenvalue weighted by atomic mass is 127. The van der Waals surface area contributed by atoms with E-state index in [9.17, 15) is 0 Å². The Morgan fingerprint density at radius 2 is 0.390 bits per heavy atom. The van der Waals surface area contributed by atoms with Crippen LogP contribution in [0.25, 0.3) is 44.3 Å². The zero-order valence-corrected chi connectivity index (χ0v) is 71.7. The fraction of sp³-hybridized carbons (Fsp3) is 0.804. The van der Waals surface area contributed by atoms with Crippen molar-refractivity contribution >= 4 is 90.7 Å². The number of rotatable bonds is 68. The first-order chi connectivity index (χ1) is 49.5. The third-order valence-corrected chi connectivity index (χ3v) is 27.3. The molecule has 8 heteroatoms. The average molecular weight is 1630 g/mol. The standard InChI is InChI=1S/C92H152I2N4S2/c1-5-9-13-17-21-25-29-33-37-41-45-49-53-57-61-65-69-91(70-66-62-58-54-50-46-42-38-34-30-26-22-18-14-10-6-2)79-73-78-80(74-77(79)85-81(91)75-83(93)87-89(85)97-99-95-87)92(82-76-84(94)88-90(86(78)82)98-100-96-88,71-67-63-59-55-51-47-43-39-35-31-27-23-19-15-11-7-3)72-68-64-60-56-52-48-44-40-36-32-28-24-20-16-12-8-4/h73-76H,5-72H2,1-4H3. The Hall–Kier alpha value is -1.24. The van der Waals surface area contributed by atoms with Crippen LogP contribution in [0.1, 0.15) is 487 Å². The Kier molecular flexibility index (Phi) is 46.0. The maximum Gasteiger partial charge on any atom is 0.118 e. The van der Waals surface area contributed by atoms with Crippen LogP contribution in [0.3, 0.4) is 0 Å². The first kappa shape index (κ1) is 86.0. The molecule has 2 heterocycles. The van der Waals surface area contributed by atoms with Crippen molar-refractivity contribution in [3.05, 3.63) is 53.7 Å². The van der Waals surface area contributed by atoms with Crippen molar-refractivity contribution in [2.75, 3.05) is 0 Å². The molecular weight excluding hydrogens is 1480 g/mol. The molecule has 0 radical (unpaired) electrons. The minimum Gasteiger partial charge on any atom is -0.172 e. The molecule has 0 aliphatic heterocycles. The number of nitrogens with zero attached hydrogens (tertiary/aromatic N) is 4. The highest BCUT2D eigenvalue weighted by Gasteiger charge is 2.50. The second-order valence-corrected chi connectivity index (χ2v) is 36.2. The molecule has 0 saturated carbocycles. The molecule has 3 aromatic carbocycles. The molecule has 4 nitrogen and oxygen atoms in total. The molecule has 0 fully saturated rings. The lowest BCUT2D eigenvalue weighted by molar-refractivity contribution is 0.393. The number of hydrogen-bond acceptors (Lipinski definition) is 6.